The van der Waals surface area contributed by atoms with Crippen LogP contribution in [0.5, 0.6) is 0 Å². The maximum Gasteiger partial charge on any atom is 0.319 e. The first-order valence-corrected chi connectivity index (χ1v) is 8.44. The third-order valence-corrected chi connectivity index (χ3v) is 4.31. The van der Waals surface area contributed by atoms with E-state index in [1.807, 2.05) is 18.2 Å². The van der Waals surface area contributed by atoms with E-state index in [0.717, 1.165) is 25.6 Å². The van der Waals surface area contributed by atoms with Crippen molar-refractivity contribution in [1.29, 1.82) is 0 Å². The van der Waals surface area contributed by atoms with Crippen molar-refractivity contribution in [2.24, 2.45) is 5.92 Å². The van der Waals surface area contributed by atoms with Gasteiger partial charge in [0.1, 0.15) is 0 Å². The zero-order valence-corrected chi connectivity index (χ0v) is 14.0. The number of amides is 2. The number of carbonyl (C=O) groups is 1. The van der Waals surface area contributed by atoms with E-state index < -0.39 is 0 Å². The average Bonchev–Trinajstić information content (AvgIpc) is 3.06. The van der Waals surface area contributed by atoms with E-state index in [4.69, 9.17) is 0 Å². The Bertz CT molecular complexity index is 648. The van der Waals surface area contributed by atoms with Gasteiger partial charge in [0.05, 0.1) is 18.1 Å². The third kappa shape index (κ3) is 4.55. The molecule has 0 aliphatic carbocycles. The molecule has 2 amide bonds. The Morgan fingerprint density at radius 2 is 2.17 bits per heavy atom. The van der Waals surface area contributed by atoms with Gasteiger partial charge in [-0.25, -0.2) is 14.5 Å². The van der Waals surface area contributed by atoms with Crippen molar-refractivity contribution in [2.45, 2.75) is 19.8 Å². The summed E-state index contributed by atoms with van der Waals surface area (Å²) in [5.41, 5.74) is 0.643. The zero-order chi connectivity index (χ0) is 16.8. The SMILES string of the molecule is CC1CCN(CCNC(=O)Nc2cnn(-c3ccccn3)c2)CC1. The molecule has 1 saturated heterocycles. The summed E-state index contributed by atoms with van der Waals surface area (Å²) in [5.74, 6) is 1.54. The number of anilines is 1. The van der Waals surface area contributed by atoms with Crippen molar-refractivity contribution in [2.75, 3.05) is 31.5 Å². The van der Waals surface area contributed by atoms with Crippen LogP contribution >= 0.6 is 0 Å². The standard InChI is InChI=1S/C17H24N6O/c1-14-5-9-22(10-6-14)11-8-19-17(24)21-15-12-20-23(13-15)16-4-2-3-7-18-16/h2-4,7,12-14H,5-6,8-11H2,1H3,(H2,19,21,24). The minimum Gasteiger partial charge on any atom is -0.337 e. The van der Waals surface area contributed by atoms with Crippen LogP contribution in [0.25, 0.3) is 5.82 Å². The summed E-state index contributed by atoms with van der Waals surface area (Å²) in [6.45, 7) is 6.10. The van der Waals surface area contributed by atoms with Crippen LogP contribution in [-0.4, -0.2) is 51.9 Å². The molecule has 7 nitrogen and oxygen atoms in total. The average molecular weight is 328 g/mol. The number of piperidine rings is 1. The maximum atomic E-state index is 12.0. The monoisotopic (exact) mass is 328 g/mol. The molecule has 1 fully saturated rings. The zero-order valence-electron chi connectivity index (χ0n) is 14.0. The van der Waals surface area contributed by atoms with Gasteiger partial charge in [-0.3, -0.25) is 0 Å². The Morgan fingerprint density at radius 3 is 2.92 bits per heavy atom. The van der Waals surface area contributed by atoms with Crippen LogP contribution in [-0.2, 0) is 0 Å². The molecule has 24 heavy (non-hydrogen) atoms. The number of urea groups is 1. The van der Waals surface area contributed by atoms with Crippen molar-refractivity contribution < 1.29 is 4.79 Å². The van der Waals surface area contributed by atoms with Gasteiger partial charge in [0.2, 0.25) is 0 Å². The van der Waals surface area contributed by atoms with Gasteiger partial charge in [0.15, 0.2) is 5.82 Å². The van der Waals surface area contributed by atoms with Gasteiger partial charge in [-0.15, -0.1) is 0 Å². The molecular formula is C17H24N6O. The van der Waals surface area contributed by atoms with Crippen LogP contribution in [0.15, 0.2) is 36.8 Å². The topological polar surface area (TPSA) is 75.1 Å². The minimum absolute atomic E-state index is 0.207. The molecule has 0 spiro atoms. The molecule has 0 unspecified atom stereocenters. The van der Waals surface area contributed by atoms with Crippen LogP contribution in [0.4, 0.5) is 10.5 Å². The first kappa shape index (κ1) is 16.4. The molecule has 2 N–H and O–H groups in total. The first-order chi connectivity index (χ1) is 11.7. The fraction of sp³-hybridized carbons (Fsp3) is 0.471. The molecule has 0 bridgehead atoms. The van der Waals surface area contributed by atoms with Gasteiger partial charge in [-0.2, -0.15) is 5.10 Å². The Hall–Kier alpha value is -2.41. The predicted molar refractivity (Wildman–Crippen MR) is 93.2 cm³/mol. The number of hydrogen-bond donors (Lipinski definition) is 2. The quantitative estimate of drug-likeness (QED) is 0.881. The van der Waals surface area contributed by atoms with Crippen LogP contribution in [0.3, 0.4) is 0 Å². The van der Waals surface area contributed by atoms with Crippen LogP contribution in [0, 0.1) is 5.92 Å². The normalized spacial score (nSPS) is 16.0. The molecule has 0 radical (unpaired) electrons. The molecule has 3 heterocycles. The Balaban J connectivity index is 1.41. The molecule has 2 aromatic rings. The van der Waals surface area contributed by atoms with E-state index in [9.17, 15) is 4.79 Å². The van der Waals surface area contributed by atoms with Crippen LogP contribution in [0.2, 0.25) is 0 Å². The van der Waals surface area contributed by atoms with Crippen LogP contribution in [0.1, 0.15) is 19.8 Å². The van der Waals surface area contributed by atoms with E-state index in [0.29, 0.717) is 18.1 Å². The van der Waals surface area contributed by atoms with E-state index in [2.05, 4.69) is 32.5 Å². The van der Waals surface area contributed by atoms with Crippen molar-refractivity contribution in [3.63, 3.8) is 0 Å². The van der Waals surface area contributed by atoms with E-state index in [-0.39, 0.29) is 6.03 Å². The highest BCUT2D eigenvalue weighted by molar-refractivity contribution is 5.88. The number of aromatic nitrogens is 3. The summed E-state index contributed by atoms with van der Waals surface area (Å²) in [7, 11) is 0. The second-order valence-electron chi connectivity index (χ2n) is 6.27. The number of hydrogen-bond acceptors (Lipinski definition) is 4. The van der Waals surface area contributed by atoms with Crippen molar-refractivity contribution in [3.05, 3.63) is 36.8 Å². The molecule has 128 valence electrons. The smallest absolute Gasteiger partial charge is 0.319 e. The lowest BCUT2D eigenvalue weighted by Crippen LogP contribution is -2.40. The Morgan fingerprint density at radius 1 is 1.33 bits per heavy atom. The number of likely N-dealkylation sites (tertiary alicyclic amines) is 1. The van der Waals surface area contributed by atoms with Gasteiger partial charge in [-0.1, -0.05) is 13.0 Å². The summed E-state index contributed by atoms with van der Waals surface area (Å²) in [6.07, 6.45) is 7.56. The highest BCUT2D eigenvalue weighted by Crippen LogP contribution is 2.15. The summed E-state index contributed by atoms with van der Waals surface area (Å²) in [5, 5.41) is 9.90. The summed E-state index contributed by atoms with van der Waals surface area (Å²) >= 11 is 0. The number of nitrogens with zero attached hydrogens (tertiary/aromatic N) is 4. The summed E-state index contributed by atoms with van der Waals surface area (Å²) < 4.78 is 1.63. The molecule has 7 heteroatoms. The number of nitrogens with one attached hydrogen (secondary N) is 2. The van der Waals surface area contributed by atoms with Gasteiger partial charge in [-0.05, 0) is 44.0 Å². The lowest BCUT2D eigenvalue weighted by Gasteiger charge is -2.30. The lowest BCUT2D eigenvalue weighted by atomic mass is 9.99. The molecular weight excluding hydrogens is 304 g/mol. The molecule has 0 atom stereocenters. The molecule has 0 aromatic carbocycles. The third-order valence-electron chi connectivity index (χ3n) is 4.31. The number of carbonyl (C=O) groups excluding carboxylic acids is 1. The van der Waals surface area contributed by atoms with E-state index in [1.54, 1.807) is 23.3 Å². The summed E-state index contributed by atoms with van der Waals surface area (Å²) in [6, 6.07) is 5.39. The highest BCUT2D eigenvalue weighted by atomic mass is 16.2. The summed E-state index contributed by atoms with van der Waals surface area (Å²) in [4.78, 5) is 18.6. The molecule has 2 aromatic heterocycles. The molecule has 1 aliphatic heterocycles. The lowest BCUT2D eigenvalue weighted by molar-refractivity contribution is 0.192. The fourth-order valence-electron chi connectivity index (χ4n) is 2.79. The molecule has 0 saturated carbocycles. The largest absolute Gasteiger partial charge is 0.337 e. The Labute approximate surface area is 142 Å². The molecule has 3 rings (SSSR count). The second-order valence-corrected chi connectivity index (χ2v) is 6.27. The highest BCUT2D eigenvalue weighted by Gasteiger charge is 2.15. The predicted octanol–water partition coefficient (Wildman–Crippen LogP) is 2.12. The van der Waals surface area contributed by atoms with Crippen molar-refractivity contribution in [3.8, 4) is 5.82 Å². The van der Waals surface area contributed by atoms with E-state index in [1.165, 1.54) is 12.8 Å². The number of rotatable bonds is 5. The van der Waals surface area contributed by atoms with Crippen LogP contribution < -0.4 is 10.6 Å². The number of pyridine rings is 1. The van der Waals surface area contributed by atoms with Gasteiger partial charge >= 0.3 is 6.03 Å². The van der Waals surface area contributed by atoms with Gasteiger partial charge in [0, 0.05) is 19.3 Å². The molecule has 1 aliphatic rings. The van der Waals surface area contributed by atoms with Crippen molar-refractivity contribution in [1.82, 2.24) is 25.0 Å². The van der Waals surface area contributed by atoms with Gasteiger partial charge < -0.3 is 15.5 Å². The van der Waals surface area contributed by atoms with Crippen molar-refractivity contribution >= 4 is 11.7 Å². The van der Waals surface area contributed by atoms with E-state index >= 15 is 0 Å². The Kier molecular flexibility index (Phi) is 5.43. The van der Waals surface area contributed by atoms with Gasteiger partial charge in [0.25, 0.3) is 0 Å². The maximum absolute atomic E-state index is 12.0. The first-order valence-electron chi connectivity index (χ1n) is 8.44. The second kappa shape index (κ2) is 7.92. The minimum atomic E-state index is -0.207. The fourth-order valence-corrected chi connectivity index (χ4v) is 2.79.